The average Bonchev–Trinajstić information content (AvgIpc) is 2.27. The molecule has 0 amide bonds. The van der Waals surface area contributed by atoms with Gasteiger partial charge < -0.3 is 25.2 Å². The maximum Gasteiger partial charge on any atom is 0.307 e. The maximum atomic E-state index is 10.4. The second-order valence-corrected chi connectivity index (χ2v) is 3.18. The lowest BCUT2D eigenvalue weighted by Gasteiger charge is -1.97. The van der Waals surface area contributed by atoms with Crippen LogP contribution in [0.1, 0.15) is 32.1 Å². The van der Waals surface area contributed by atoms with E-state index >= 15 is 0 Å². The van der Waals surface area contributed by atoms with Crippen LogP contribution in [0.2, 0.25) is 0 Å². The predicted octanol–water partition coefficient (Wildman–Crippen LogP) is -0.330. The number of esters is 1. The Kier molecular flexibility index (Phi) is 12.4. The van der Waals surface area contributed by atoms with Crippen molar-refractivity contribution in [3.63, 3.8) is 0 Å². The van der Waals surface area contributed by atoms with E-state index in [4.69, 9.17) is 20.4 Å². The van der Waals surface area contributed by atoms with E-state index in [1.165, 1.54) is 0 Å². The molecule has 0 aromatic heterocycles. The zero-order chi connectivity index (χ0) is 15.3. The Bertz CT molecular complexity index is 296. The number of carbonyl (C=O) groups excluding carboxylic acids is 1. The molecule has 9 nitrogen and oxygen atoms in total. The molecule has 19 heavy (non-hydrogen) atoms. The summed E-state index contributed by atoms with van der Waals surface area (Å²) in [6.07, 6.45) is -0.369. The van der Waals surface area contributed by atoms with Crippen LogP contribution in [-0.4, -0.2) is 51.1 Å². The molecule has 0 aliphatic rings. The Labute approximate surface area is 108 Å². The minimum absolute atomic E-state index is 0.0346. The van der Waals surface area contributed by atoms with Crippen LogP contribution in [0, 0.1) is 0 Å². The summed E-state index contributed by atoms with van der Waals surface area (Å²) in [5.74, 6) is -3.67. The molecule has 0 aliphatic carbocycles. The van der Waals surface area contributed by atoms with Gasteiger partial charge in [0.15, 0.2) is 6.79 Å². The summed E-state index contributed by atoms with van der Waals surface area (Å²) >= 11 is 0. The second-order valence-electron chi connectivity index (χ2n) is 3.18. The summed E-state index contributed by atoms with van der Waals surface area (Å²) in [7, 11) is 0. The van der Waals surface area contributed by atoms with Crippen molar-refractivity contribution in [2.45, 2.75) is 32.1 Å². The molecule has 0 unspecified atom stereocenters. The third kappa shape index (κ3) is 21.6. The number of aliphatic hydroxyl groups is 1. The van der Waals surface area contributed by atoms with Crippen molar-refractivity contribution in [3.8, 4) is 0 Å². The number of aliphatic hydroxyl groups excluding tert-OH is 1. The number of rotatable bonds is 8. The van der Waals surface area contributed by atoms with Crippen molar-refractivity contribution < 1.29 is 44.3 Å². The summed E-state index contributed by atoms with van der Waals surface area (Å²) in [4.78, 5) is 39.7. The molecule has 0 aliphatic heterocycles. The third-order valence-corrected chi connectivity index (χ3v) is 1.55. The monoisotopic (exact) mass is 280 g/mol. The number of aliphatic carboxylic acids is 3. The van der Waals surface area contributed by atoms with Crippen LogP contribution >= 0.6 is 0 Å². The normalized spacial score (nSPS) is 8.89. The summed E-state index contributed by atoms with van der Waals surface area (Å²) < 4.78 is 4.15. The minimum Gasteiger partial charge on any atom is -0.481 e. The quantitative estimate of drug-likeness (QED) is 0.345. The Morgan fingerprint density at radius 2 is 1.16 bits per heavy atom. The van der Waals surface area contributed by atoms with Crippen LogP contribution in [0.5, 0.6) is 0 Å². The molecular formula is C10H16O9. The van der Waals surface area contributed by atoms with Gasteiger partial charge in [0.2, 0.25) is 0 Å². The van der Waals surface area contributed by atoms with Gasteiger partial charge in [0.05, 0.1) is 12.8 Å². The Hall–Kier alpha value is -2.16. The molecular weight excluding hydrogens is 264 g/mol. The van der Waals surface area contributed by atoms with Crippen LogP contribution < -0.4 is 0 Å². The lowest BCUT2D eigenvalue weighted by molar-refractivity contribution is -0.152. The lowest BCUT2D eigenvalue weighted by Crippen LogP contribution is -2.06. The molecule has 0 saturated carbocycles. The van der Waals surface area contributed by atoms with Gasteiger partial charge >= 0.3 is 23.9 Å². The predicted molar refractivity (Wildman–Crippen MR) is 59.2 cm³/mol. The molecule has 0 aromatic carbocycles. The lowest BCUT2D eigenvalue weighted by atomic mass is 10.2. The average molecular weight is 280 g/mol. The molecule has 9 heteroatoms. The highest BCUT2D eigenvalue weighted by molar-refractivity contribution is 5.75. The van der Waals surface area contributed by atoms with Crippen LogP contribution in [0.3, 0.4) is 0 Å². The van der Waals surface area contributed by atoms with E-state index in [1.807, 2.05) is 0 Å². The highest BCUT2D eigenvalue weighted by Crippen LogP contribution is 1.96. The fraction of sp³-hybridized carbons (Fsp3) is 0.600. The van der Waals surface area contributed by atoms with Crippen molar-refractivity contribution in [1.82, 2.24) is 0 Å². The van der Waals surface area contributed by atoms with E-state index in [0.29, 0.717) is 0 Å². The Morgan fingerprint density at radius 1 is 0.737 bits per heavy atom. The zero-order valence-corrected chi connectivity index (χ0v) is 10.1. The maximum absolute atomic E-state index is 10.4. The van der Waals surface area contributed by atoms with E-state index in [-0.39, 0.29) is 32.1 Å². The largest absolute Gasteiger partial charge is 0.481 e. The van der Waals surface area contributed by atoms with Crippen LogP contribution in [0.25, 0.3) is 0 Å². The first-order valence-electron chi connectivity index (χ1n) is 5.21. The van der Waals surface area contributed by atoms with E-state index < -0.39 is 30.7 Å². The first kappa shape index (κ1) is 19.2. The smallest absolute Gasteiger partial charge is 0.307 e. The van der Waals surface area contributed by atoms with Crippen molar-refractivity contribution in [2.75, 3.05) is 6.79 Å². The number of ether oxygens (including phenoxy) is 1. The molecule has 4 N–H and O–H groups in total. The fourth-order valence-corrected chi connectivity index (χ4v) is 0.742. The molecule has 0 rings (SSSR count). The SMILES string of the molecule is O=C(O)CCC(=O)O.O=C(O)CCCC(=O)OCO. The van der Waals surface area contributed by atoms with Crippen LogP contribution in [-0.2, 0) is 23.9 Å². The molecule has 0 radical (unpaired) electrons. The Morgan fingerprint density at radius 3 is 1.47 bits per heavy atom. The van der Waals surface area contributed by atoms with Crippen molar-refractivity contribution >= 4 is 23.9 Å². The van der Waals surface area contributed by atoms with E-state index in [9.17, 15) is 19.2 Å². The van der Waals surface area contributed by atoms with Crippen LogP contribution in [0.15, 0.2) is 0 Å². The molecule has 0 fully saturated rings. The zero-order valence-electron chi connectivity index (χ0n) is 10.1. The van der Waals surface area contributed by atoms with Crippen molar-refractivity contribution in [1.29, 1.82) is 0 Å². The topological polar surface area (TPSA) is 158 Å². The summed E-state index contributed by atoms with van der Waals surface area (Å²) in [5.41, 5.74) is 0. The molecule has 0 bridgehead atoms. The fourth-order valence-electron chi connectivity index (χ4n) is 0.742. The number of carboxylic acids is 3. The van der Waals surface area contributed by atoms with Crippen molar-refractivity contribution in [2.24, 2.45) is 0 Å². The number of carbonyl (C=O) groups is 4. The van der Waals surface area contributed by atoms with Gasteiger partial charge in [0.1, 0.15) is 0 Å². The first-order chi connectivity index (χ1) is 8.79. The number of hydrogen-bond acceptors (Lipinski definition) is 6. The standard InChI is InChI=1S/C6H10O5.C4H6O4/c7-4-11-6(10)3-1-2-5(8)9;5-3(6)1-2-4(7)8/h7H,1-4H2,(H,8,9);1-2H2,(H,5,6)(H,7,8). The summed E-state index contributed by atoms with van der Waals surface area (Å²) in [6.45, 7) is -0.647. The molecule has 110 valence electrons. The van der Waals surface area contributed by atoms with Crippen LogP contribution in [0.4, 0.5) is 0 Å². The van der Waals surface area contributed by atoms with Gasteiger partial charge in [-0.3, -0.25) is 19.2 Å². The molecule has 0 aromatic rings. The molecule has 0 spiro atoms. The van der Waals surface area contributed by atoms with Gasteiger partial charge in [-0.05, 0) is 6.42 Å². The molecule has 0 atom stereocenters. The van der Waals surface area contributed by atoms with E-state index in [1.54, 1.807) is 0 Å². The van der Waals surface area contributed by atoms with Gasteiger partial charge in [-0.1, -0.05) is 0 Å². The summed E-state index contributed by atoms with van der Waals surface area (Å²) in [5, 5.41) is 32.0. The van der Waals surface area contributed by atoms with E-state index in [2.05, 4.69) is 4.74 Å². The highest BCUT2D eigenvalue weighted by atomic mass is 16.6. The van der Waals surface area contributed by atoms with E-state index in [0.717, 1.165) is 0 Å². The van der Waals surface area contributed by atoms with Gasteiger partial charge in [-0.25, -0.2) is 0 Å². The van der Waals surface area contributed by atoms with Gasteiger partial charge in [-0.15, -0.1) is 0 Å². The summed E-state index contributed by atoms with van der Waals surface area (Å²) in [6, 6.07) is 0. The number of carboxylic acid groups (broad SMARTS) is 3. The number of hydrogen-bond donors (Lipinski definition) is 4. The van der Waals surface area contributed by atoms with Gasteiger partial charge in [0.25, 0.3) is 0 Å². The highest BCUT2D eigenvalue weighted by Gasteiger charge is 2.03. The van der Waals surface area contributed by atoms with Crippen molar-refractivity contribution in [3.05, 3.63) is 0 Å². The molecule has 0 saturated heterocycles. The van der Waals surface area contributed by atoms with Gasteiger partial charge in [-0.2, -0.15) is 0 Å². The Balaban J connectivity index is 0. The first-order valence-corrected chi connectivity index (χ1v) is 5.21. The van der Waals surface area contributed by atoms with Gasteiger partial charge in [0, 0.05) is 12.8 Å². The third-order valence-electron chi connectivity index (χ3n) is 1.55. The minimum atomic E-state index is -1.08. The molecule has 0 heterocycles. The second kappa shape index (κ2) is 12.3.